The highest BCUT2D eigenvalue weighted by Crippen LogP contribution is 2.36. The maximum Gasteiger partial charge on any atom is 0.328 e. The zero-order valence-electron chi connectivity index (χ0n) is 22.6. The highest BCUT2D eigenvalue weighted by molar-refractivity contribution is 5.99. The Morgan fingerprint density at radius 1 is 1.12 bits per heavy atom. The van der Waals surface area contributed by atoms with E-state index in [4.69, 9.17) is 19.2 Å². The number of carboxylic acid groups (broad SMARTS) is 2. The van der Waals surface area contributed by atoms with Crippen molar-refractivity contribution in [3.05, 3.63) is 77.8 Å². The Hall–Kier alpha value is -4.86. The Labute approximate surface area is 236 Å². The lowest BCUT2D eigenvalue weighted by molar-refractivity contribution is -0.139. The summed E-state index contributed by atoms with van der Waals surface area (Å²) >= 11 is 0. The van der Waals surface area contributed by atoms with E-state index in [0.29, 0.717) is 34.0 Å². The van der Waals surface area contributed by atoms with Crippen LogP contribution in [0.15, 0.2) is 65.5 Å². The lowest BCUT2D eigenvalue weighted by Gasteiger charge is -2.25. The first-order valence-electron chi connectivity index (χ1n) is 13.5. The van der Waals surface area contributed by atoms with Crippen molar-refractivity contribution in [1.82, 2.24) is 14.9 Å². The molecule has 2 aromatic heterocycles. The Morgan fingerprint density at radius 2 is 1.93 bits per heavy atom. The van der Waals surface area contributed by atoms with Crippen molar-refractivity contribution in [3.8, 4) is 17.1 Å². The van der Waals surface area contributed by atoms with Gasteiger partial charge in [0.25, 0.3) is 5.91 Å². The molecule has 212 valence electrons. The summed E-state index contributed by atoms with van der Waals surface area (Å²) in [5, 5.41) is 21.5. The Kier molecular flexibility index (Phi) is 8.19. The van der Waals surface area contributed by atoms with Crippen molar-refractivity contribution in [2.45, 2.75) is 50.6 Å². The van der Waals surface area contributed by atoms with E-state index < -0.39 is 23.9 Å². The number of aromatic nitrogens is 2. The number of carbonyl (C=O) groups excluding carboxylic acids is 1. The molecule has 2 heterocycles. The highest BCUT2D eigenvalue weighted by atomic mass is 16.5. The maximum absolute atomic E-state index is 13.2. The summed E-state index contributed by atoms with van der Waals surface area (Å²) in [7, 11) is 1.46. The van der Waals surface area contributed by atoms with Gasteiger partial charge in [0.2, 0.25) is 0 Å². The maximum atomic E-state index is 13.2. The molecule has 41 heavy (non-hydrogen) atoms. The molecule has 0 saturated heterocycles. The van der Waals surface area contributed by atoms with Gasteiger partial charge in [0.15, 0.2) is 0 Å². The molecule has 3 N–H and O–H groups in total. The van der Waals surface area contributed by atoms with Gasteiger partial charge in [-0.25, -0.2) is 14.6 Å². The third-order valence-corrected chi connectivity index (χ3v) is 7.41. The van der Waals surface area contributed by atoms with Gasteiger partial charge in [0.1, 0.15) is 23.9 Å². The molecule has 0 bridgehead atoms. The topological polar surface area (TPSA) is 144 Å². The van der Waals surface area contributed by atoms with E-state index in [1.807, 2.05) is 12.1 Å². The molecular formula is C31H31N3O7. The highest BCUT2D eigenvalue weighted by Gasteiger charge is 2.25. The number of amides is 1. The van der Waals surface area contributed by atoms with E-state index in [-0.39, 0.29) is 6.42 Å². The van der Waals surface area contributed by atoms with Crippen LogP contribution in [0.25, 0.3) is 28.5 Å². The average molecular weight is 558 g/mol. The van der Waals surface area contributed by atoms with Crippen molar-refractivity contribution in [2.24, 2.45) is 0 Å². The van der Waals surface area contributed by atoms with Gasteiger partial charge in [0, 0.05) is 29.7 Å². The number of carboxylic acids is 2. The van der Waals surface area contributed by atoms with E-state index in [2.05, 4.69) is 9.88 Å². The molecule has 4 aromatic rings. The first-order valence-corrected chi connectivity index (χ1v) is 13.5. The second-order valence-corrected chi connectivity index (χ2v) is 10.1. The van der Waals surface area contributed by atoms with Gasteiger partial charge in [-0.15, -0.1) is 0 Å². The van der Waals surface area contributed by atoms with Crippen LogP contribution in [0, 0.1) is 0 Å². The number of fused-ring (bicyclic) bond motifs is 1. The summed E-state index contributed by atoms with van der Waals surface area (Å²) in [5.41, 5.74) is 3.80. The standard InChI is InChI=1S/C31H31N3O7/c1-40-27-11-7-19(15-20(27)9-12-28(35)36)16-25(31(38)39)33-30(37)21-8-10-26-24(17-21)32-29(22-13-14-41-18-22)34(26)23-5-3-2-4-6-23/h7-15,17-18,23,25H,2-6,16H2,1H3,(H,33,37)(H,35,36)(H,38,39)/b12-9+/t25-/m0/s1. The summed E-state index contributed by atoms with van der Waals surface area (Å²) in [6.07, 6.45) is 11.2. The number of hydrogen-bond acceptors (Lipinski definition) is 6. The van der Waals surface area contributed by atoms with Crippen LogP contribution in [-0.2, 0) is 16.0 Å². The zero-order chi connectivity index (χ0) is 28.9. The van der Waals surface area contributed by atoms with Crippen molar-refractivity contribution >= 4 is 35.0 Å². The first kappa shape index (κ1) is 27.7. The number of aliphatic carboxylic acids is 2. The molecule has 0 aliphatic heterocycles. The number of imidazole rings is 1. The normalized spacial score (nSPS) is 14.8. The second-order valence-electron chi connectivity index (χ2n) is 10.1. The van der Waals surface area contributed by atoms with Gasteiger partial charge in [0.05, 0.1) is 30.0 Å². The minimum absolute atomic E-state index is 0.0117. The minimum Gasteiger partial charge on any atom is -0.496 e. The van der Waals surface area contributed by atoms with E-state index in [1.165, 1.54) is 19.6 Å². The molecule has 10 nitrogen and oxygen atoms in total. The fourth-order valence-corrected chi connectivity index (χ4v) is 5.42. The third-order valence-electron chi connectivity index (χ3n) is 7.41. The summed E-state index contributed by atoms with van der Waals surface area (Å²) in [4.78, 5) is 41.2. The second kappa shape index (κ2) is 12.1. The largest absolute Gasteiger partial charge is 0.496 e. The molecule has 1 aliphatic rings. The molecule has 10 heteroatoms. The fraction of sp³-hybridized carbons (Fsp3) is 0.290. The van der Waals surface area contributed by atoms with Crippen LogP contribution in [0.1, 0.15) is 59.6 Å². The molecule has 1 amide bonds. The van der Waals surface area contributed by atoms with Crippen LogP contribution in [0.3, 0.4) is 0 Å². The van der Waals surface area contributed by atoms with Crippen LogP contribution in [0.4, 0.5) is 0 Å². The lowest BCUT2D eigenvalue weighted by atomic mass is 9.95. The average Bonchev–Trinajstić information content (AvgIpc) is 3.64. The summed E-state index contributed by atoms with van der Waals surface area (Å²) in [6.45, 7) is 0. The summed E-state index contributed by atoms with van der Waals surface area (Å²) in [6, 6.07) is 11.2. The van der Waals surface area contributed by atoms with Gasteiger partial charge < -0.3 is 29.3 Å². The number of carbonyl (C=O) groups is 3. The van der Waals surface area contributed by atoms with Crippen LogP contribution >= 0.6 is 0 Å². The molecule has 5 rings (SSSR count). The number of benzene rings is 2. The number of ether oxygens (including phenoxy) is 1. The molecule has 1 aliphatic carbocycles. The van der Waals surface area contributed by atoms with E-state index >= 15 is 0 Å². The predicted octanol–water partition coefficient (Wildman–Crippen LogP) is 5.33. The van der Waals surface area contributed by atoms with Gasteiger partial charge in [-0.1, -0.05) is 25.3 Å². The molecule has 0 radical (unpaired) electrons. The van der Waals surface area contributed by atoms with Crippen LogP contribution < -0.4 is 10.1 Å². The van der Waals surface area contributed by atoms with Gasteiger partial charge in [-0.05, 0) is 60.9 Å². The van der Waals surface area contributed by atoms with Crippen molar-refractivity contribution in [1.29, 1.82) is 0 Å². The monoisotopic (exact) mass is 557 g/mol. The first-order chi connectivity index (χ1) is 19.8. The van der Waals surface area contributed by atoms with Crippen LogP contribution in [0.5, 0.6) is 5.75 Å². The Morgan fingerprint density at radius 3 is 2.61 bits per heavy atom. The van der Waals surface area contributed by atoms with Gasteiger partial charge >= 0.3 is 11.9 Å². The number of methoxy groups -OCH3 is 1. The minimum atomic E-state index is -1.22. The molecular weight excluding hydrogens is 526 g/mol. The van der Waals surface area contributed by atoms with Crippen LogP contribution in [-0.4, -0.2) is 50.8 Å². The van der Waals surface area contributed by atoms with Crippen molar-refractivity contribution < 1.29 is 33.8 Å². The summed E-state index contributed by atoms with van der Waals surface area (Å²) in [5.74, 6) is -1.62. The molecule has 0 spiro atoms. The number of rotatable bonds is 10. The van der Waals surface area contributed by atoms with Gasteiger partial charge in [-0.3, -0.25) is 4.79 Å². The molecule has 1 atom stereocenters. The van der Waals surface area contributed by atoms with E-state index in [0.717, 1.165) is 48.7 Å². The van der Waals surface area contributed by atoms with E-state index in [9.17, 15) is 19.5 Å². The Bertz CT molecular complexity index is 1600. The zero-order valence-corrected chi connectivity index (χ0v) is 22.6. The molecule has 1 saturated carbocycles. The van der Waals surface area contributed by atoms with Gasteiger partial charge in [-0.2, -0.15) is 0 Å². The Balaban J connectivity index is 1.40. The predicted molar refractivity (Wildman–Crippen MR) is 152 cm³/mol. The lowest BCUT2D eigenvalue weighted by Crippen LogP contribution is -2.42. The molecule has 2 aromatic carbocycles. The SMILES string of the molecule is COc1ccc(C[C@H](NC(=O)c2ccc3c(c2)nc(-c2ccoc2)n3C2CCCCC2)C(=O)O)cc1/C=C/C(=O)O. The fourth-order valence-electron chi connectivity index (χ4n) is 5.42. The van der Waals surface area contributed by atoms with Crippen molar-refractivity contribution in [3.63, 3.8) is 0 Å². The summed E-state index contributed by atoms with van der Waals surface area (Å²) < 4.78 is 12.8. The third kappa shape index (κ3) is 6.16. The smallest absolute Gasteiger partial charge is 0.328 e. The number of nitrogens with one attached hydrogen (secondary N) is 1. The van der Waals surface area contributed by atoms with Crippen LogP contribution in [0.2, 0.25) is 0 Å². The molecule has 1 fully saturated rings. The number of furan rings is 1. The molecule has 0 unspecified atom stereocenters. The quantitative estimate of drug-likeness (QED) is 0.222. The van der Waals surface area contributed by atoms with Crippen molar-refractivity contribution in [2.75, 3.05) is 7.11 Å². The number of nitrogens with zero attached hydrogens (tertiary/aromatic N) is 2. The number of hydrogen-bond donors (Lipinski definition) is 3. The van der Waals surface area contributed by atoms with E-state index in [1.54, 1.807) is 42.9 Å².